The lowest BCUT2D eigenvalue weighted by Crippen LogP contribution is -2.29. The van der Waals surface area contributed by atoms with Crippen LogP contribution in [0.2, 0.25) is 0 Å². The van der Waals surface area contributed by atoms with Gasteiger partial charge in [-0.2, -0.15) is 0 Å². The number of allylic oxidation sites excluding steroid dienone is 5. The Morgan fingerprint density at radius 3 is 2.73 bits per heavy atom. The average molecular weight is 306 g/mol. The van der Waals surface area contributed by atoms with Crippen LogP contribution in [0.5, 0.6) is 5.75 Å². The smallest absolute Gasteiger partial charge is 0.322 e. The summed E-state index contributed by atoms with van der Waals surface area (Å²) in [5.41, 5.74) is 0.593. The molecule has 0 aliphatic rings. The fourth-order valence-corrected chi connectivity index (χ4v) is 1.53. The Bertz CT molecular complexity index is 666. The molecule has 0 spiro atoms. The number of nitrogens with one attached hydrogen (secondary N) is 1. The van der Waals surface area contributed by atoms with E-state index in [2.05, 4.69) is 16.9 Å². The highest BCUT2D eigenvalue weighted by atomic mass is 19.1. The highest BCUT2D eigenvalue weighted by Crippen LogP contribution is 2.22. The SMILES string of the molecule is C=C/C=C(F)\C=C(/C)c1cnc(C(=O)NCC(=O)O)c(O)c1. The Hall–Kier alpha value is -2.96. The second-order valence-corrected chi connectivity index (χ2v) is 4.28. The first-order chi connectivity index (χ1) is 10.3. The zero-order valence-electron chi connectivity index (χ0n) is 11.8. The van der Waals surface area contributed by atoms with Crippen molar-refractivity contribution in [3.8, 4) is 5.75 Å². The van der Waals surface area contributed by atoms with Crippen LogP contribution in [0.15, 0.2) is 42.9 Å². The van der Waals surface area contributed by atoms with Crippen LogP contribution in [0, 0.1) is 0 Å². The van der Waals surface area contributed by atoms with E-state index in [1.807, 2.05) is 0 Å². The third kappa shape index (κ3) is 4.86. The third-order valence-electron chi connectivity index (χ3n) is 2.57. The number of carbonyl (C=O) groups excluding carboxylic acids is 1. The Labute approximate surface area is 126 Å². The van der Waals surface area contributed by atoms with Crippen LogP contribution < -0.4 is 5.32 Å². The van der Waals surface area contributed by atoms with Crippen molar-refractivity contribution in [1.29, 1.82) is 0 Å². The number of aromatic nitrogens is 1. The lowest BCUT2D eigenvalue weighted by Gasteiger charge is -2.07. The molecule has 0 unspecified atom stereocenters. The lowest BCUT2D eigenvalue weighted by molar-refractivity contribution is -0.135. The molecule has 0 fully saturated rings. The molecule has 0 saturated heterocycles. The number of nitrogens with zero attached hydrogens (tertiary/aromatic N) is 1. The number of rotatable bonds is 6. The number of halogens is 1. The van der Waals surface area contributed by atoms with Crippen LogP contribution in [-0.2, 0) is 4.79 Å². The fraction of sp³-hybridized carbons (Fsp3) is 0.133. The maximum atomic E-state index is 13.3. The molecule has 0 aliphatic carbocycles. The van der Waals surface area contributed by atoms with Gasteiger partial charge in [0.1, 0.15) is 18.1 Å². The second kappa shape index (κ2) is 7.72. The largest absolute Gasteiger partial charge is 0.505 e. The minimum Gasteiger partial charge on any atom is -0.505 e. The number of aromatic hydroxyl groups is 1. The van der Waals surface area contributed by atoms with Crippen LogP contribution in [-0.4, -0.2) is 33.6 Å². The van der Waals surface area contributed by atoms with E-state index >= 15 is 0 Å². The highest BCUT2D eigenvalue weighted by Gasteiger charge is 2.14. The molecule has 1 heterocycles. The van der Waals surface area contributed by atoms with Gasteiger partial charge in [-0.15, -0.1) is 0 Å². The van der Waals surface area contributed by atoms with Gasteiger partial charge in [-0.1, -0.05) is 12.7 Å². The van der Waals surface area contributed by atoms with E-state index in [4.69, 9.17) is 5.11 Å². The number of pyridine rings is 1. The van der Waals surface area contributed by atoms with Gasteiger partial charge in [0.25, 0.3) is 5.91 Å². The van der Waals surface area contributed by atoms with E-state index in [-0.39, 0.29) is 5.69 Å². The summed E-state index contributed by atoms with van der Waals surface area (Å²) >= 11 is 0. The monoisotopic (exact) mass is 306 g/mol. The van der Waals surface area contributed by atoms with Crippen LogP contribution >= 0.6 is 0 Å². The number of carboxylic acid groups (broad SMARTS) is 1. The molecule has 1 aromatic heterocycles. The molecule has 0 atom stereocenters. The lowest BCUT2D eigenvalue weighted by atomic mass is 10.1. The Morgan fingerprint density at radius 1 is 1.50 bits per heavy atom. The van der Waals surface area contributed by atoms with Gasteiger partial charge in [-0.25, -0.2) is 9.37 Å². The normalized spacial score (nSPS) is 11.9. The van der Waals surface area contributed by atoms with E-state index in [0.29, 0.717) is 11.1 Å². The summed E-state index contributed by atoms with van der Waals surface area (Å²) in [5, 5.41) is 20.3. The summed E-state index contributed by atoms with van der Waals surface area (Å²) < 4.78 is 13.3. The predicted octanol–water partition coefficient (Wildman–Crippen LogP) is 2.04. The van der Waals surface area contributed by atoms with Gasteiger partial charge in [0.2, 0.25) is 0 Å². The maximum Gasteiger partial charge on any atom is 0.322 e. The zero-order valence-corrected chi connectivity index (χ0v) is 11.8. The topological polar surface area (TPSA) is 99.5 Å². The summed E-state index contributed by atoms with van der Waals surface area (Å²) in [6.07, 6.45) is 4.97. The van der Waals surface area contributed by atoms with Crippen molar-refractivity contribution in [3.63, 3.8) is 0 Å². The van der Waals surface area contributed by atoms with Crippen LogP contribution in [0.25, 0.3) is 5.57 Å². The van der Waals surface area contributed by atoms with Crippen LogP contribution in [0.3, 0.4) is 0 Å². The predicted molar refractivity (Wildman–Crippen MR) is 78.9 cm³/mol. The second-order valence-electron chi connectivity index (χ2n) is 4.28. The van der Waals surface area contributed by atoms with Crippen LogP contribution in [0.1, 0.15) is 23.0 Å². The minimum absolute atomic E-state index is 0.306. The van der Waals surface area contributed by atoms with E-state index in [0.717, 1.165) is 0 Å². The molecule has 22 heavy (non-hydrogen) atoms. The van der Waals surface area contributed by atoms with E-state index in [1.165, 1.54) is 30.5 Å². The molecule has 116 valence electrons. The minimum atomic E-state index is -1.22. The molecule has 0 saturated carbocycles. The fourth-order valence-electron chi connectivity index (χ4n) is 1.53. The van der Waals surface area contributed by atoms with Crippen molar-refractivity contribution >= 4 is 17.4 Å². The molecule has 1 aromatic rings. The maximum absolute atomic E-state index is 13.3. The molecule has 1 amide bonds. The summed E-state index contributed by atoms with van der Waals surface area (Å²) in [5.74, 6) is -2.98. The molecule has 3 N–H and O–H groups in total. The summed E-state index contributed by atoms with van der Waals surface area (Å²) in [7, 11) is 0. The molecule has 0 aliphatic heterocycles. The zero-order chi connectivity index (χ0) is 16.7. The average Bonchev–Trinajstić information content (AvgIpc) is 2.44. The summed E-state index contributed by atoms with van der Waals surface area (Å²) in [6, 6.07) is 1.25. The molecule has 0 radical (unpaired) electrons. The molecule has 0 bridgehead atoms. The first-order valence-electron chi connectivity index (χ1n) is 6.21. The standard InChI is InChI=1S/C15H15FN2O4/c1-3-4-11(16)5-9(2)10-6-12(19)14(17-7-10)15(22)18-8-13(20)21/h3-7,19H,1,8H2,2H3,(H,18,22)(H,20,21)/b9-5+,11-4+. The quantitative estimate of drug-likeness (QED) is 0.698. The van der Waals surface area contributed by atoms with Gasteiger partial charge in [-0.3, -0.25) is 9.59 Å². The van der Waals surface area contributed by atoms with Crippen molar-refractivity contribution in [2.75, 3.05) is 6.54 Å². The number of hydrogen-bond acceptors (Lipinski definition) is 4. The van der Waals surface area contributed by atoms with Crippen molar-refractivity contribution in [2.24, 2.45) is 0 Å². The van der Waals surface area contributed by atoms with Crippen LogP contribution in [0.4, 0.5) is 4.39 Å². The van der Waals surface area contributed by atoms with E-state index < -0.39 is 30.0 Å². The van der Waals surface area contributed by atoms with Gasteiger partial charge < -0.3 is 15.5 Å². The van der Waals surface area contributed by atoms with Crippen molar-refractivity contribution in [3.05, 3.63) is 54.2 Å². The molecule has 1 rings (SSSR count). The molecular formula is C15H15FN2O4. The molecule has 6 nitrogen and oxygen atoms in total. The molecule has 7 heteroatoms. The van der Waals surface area contributed by atoms with Crippen molar-refractivity contribution in [2.45, 2.75) is 6.92 Å². The highest BCUT2D eigenvalue weighted by molar-refractivity contribution is 5.96. The van der Waals surface area contributed by atoms with Gasteiger partial charge in [0, 0.05) is 6.20 Å². The summed E-state index contributed by atoms with van der Waals surface area (Å²) in [4.78, 5) is 25.8. The summed E-state index contributed by atoms with van der Waals surface area (Å²) in [6.45, 7) is 4.39. The van der Waals surface area contributed by atoms with Gasteiger partial charge in [-0.05, 0) is 36.3 Å². The van der Waals surface area contributed by atoms with Gasteiger partial charge >= 0.3 is 5.97 Å². The van der Waals surface area contributed by atoms with Crippen molar-refractivity contribution < 1.29 is 24.2 Å². The Morgan fingerprint density at radius 2 is 2.18 bits per heavy atom. The number of amides is 1. The number of aliphatic carboxylic acids is 1. The molecular weight excluding hydrogens is 291 g/mol. The van der Waals surface area contributed by atoms with Gasteiger partial charge in [0.15, 0.2) is 5.69 Å². The first kappa shape index (κ1) is 17.1. The van der Waals surface area contributed by atoms with E-state index in [9.17, 15) is 19.1 Å². The first-order valence-corrected chi connectivity index (χ1v) is 6.21. The van der Waals surface area contributed by atoms with E-state index in [1.54, 1.807) is 6.92 Å². The number of hydrogen-bond donors (Lipinski definition) is 3. The molecule has 0 aromatic carbocycles. The number of carbonyl (C=O) groups is 2. The number of carboxylic acids is 1. The third-order valence-corrected chi connectivity index (χ3v) is 2.57. The Kier molecular flexibility index (Phi) is 6.00. The Balaban J connectivity index is 2.98. The van der Waals surface area contributed by atoms with Gasteiger partial charge in [0.05, 0.1) is 0 Å². The van der Waals surface area contributed by atoms with Crippen molar-refractivity contribution in [1.82, 2.24) is 10.3 Å².